The average Bonchev–Trinajstić information content (AvgIpc) is 2.56. The number of hydrogen-bond donors (Lipinski definition) is 0. The van der Waals surface area contributed by atoms with E-state index >= 15 is 0 Å². The van der Waals surface area contributed by atoms with Crippen LogP contribution in [0, 0.1) is 0 Å². The van der Waals surface area contributed by atoms with Crippen LogP contribution in [0.15, 0.2) is 24.3 Å². The van der Waals surface area contributed by atoms with Crippen LogP contribution in [0.2, 0.25) is 5.02 Å². The Labute approximate surface area is 139 Å². The number of halogens is 1. The molecule has 4 heteroatoms. The molecule has 0 amide bonds. The molecule has 2 saturated heterocycles. The van der Waals surface area contributed by atoms with Crippen molar-refractivity contribution in [3.05, 3.63) is 34.9 Å². The Bertz CT molecular complexity index is 468. The number of hydrogen-bond acceptors (Lipinski definition) is 3. The van der Waals surface area contributed by atoms with Crippen molar-refractivity contribution in [2.24, 2.45) is 0 Å². The molecule has 0 spiro atoms. The fourth-order valence-corrected chi connectivity index (χ4v) is 3.87. The molecule has 2 fully saturated rings. The summed E-state index contributed by atoms with van der Waals surface area (Å²) >= 11 is 6.11. The highest BCUT2D eigenvalue weighted by Gasteiger charge is 2.26. The third-order valence-corrected chi connectivity index (χ3v) is 5.30. The van der Waals surface area contributed by atoms with E-state index in [-0.39, 0.29) is 0 Å². The van der Waals surface area contributed by atoms with E-state index in [0.29, 0.717) is 5.92 Å². The maximum absolute atomic E-state index is 6.11. The third kappa shape index (κ3) is 4.23. The fraction of sp³-hybridized carbons (Fsp3) is 0.667. The lowest BCUT2D eigenvalue weighted by Crippen LogP contribution is -2.52. The predicted molar refractivity (Wildman–Crippen MR) is 91.7 cm³/mol. The van der Waals surface area contributed by atoms with E-state index in [0.717, 1.165) is 30.8 Å². The van der Waals surface area contributed by atoms with Gasteiger partial charge in [-0.05, 0) is 36.5 Å². The minimum Gasteiger partial charge on any atom is -0.381 e. The summed E-state index contributed by atoms with van der Waals surface area (Å²) in [6.45, 7) is 10.1. The summed E-state index contributed by atoms with van der Waals surface area (Å²) in [5.74, 6) is 0.535. The van der Waals surface area contributed by atoms with E-state index in [1.165, 1.54) is 44.6 Å². The second-order valence-electron chi connectivity index (χ2n) is 6.64. The van der Waals surface area contributed by atoms with Crippen LogP contribution in [0.5, 0.6) is 0 Å². The highest BCUT2D eigenvalue weighted by Crippen LogP contribution is 2.22. The van der Waals surface area contributed by atoms with Crippen molar-refractivity contribution in [2.75, 3.05) is 45.9 Å². The zero-order chi connectivity index (χ0) is 15.4. The van der Waals surface area contributed by atoms with Crippen molar-refractivity contribution < 1.29 is 4.74 Å². The molecule has 2 heterocycles. The van der Waals surface area contributed by atoms with Crippen LogP contribution >= 0.6 is 11.6 Å². The Balaban J connectivity index is 1.47. The number of piperazine rings is 1. The normalized spacial score (nSPS) is 23.5. The zero-order valence-electron chi connectivity index (χ0n) is 13.5. The van der Waals surface area contributed by atoms with E-state index in [1.54, 1.807) is 0 Å². The summed E-state index contributed by atoms with van der Waals surface area (Å²) in [6.07, 6.45) is 2.41. The van der Waals surface area contributed by atoms with Crippen LogP contribution in [0.4, 0.5) is 0 Å². The highest BCUT2D eigenvalue weighted by molar-refractivity contribution is 6.30. The van der Waals surface area contributed by atoms with Crippen LogP contribution in [0.25, 0.3) is 0 Å². The molecule has 2 aliphatic heterocycles. The molecule has 1 aromatic carbocycles. The largest absolute Gasteiger partial charge is 0.381 e. The van der Waals surface area contributed by atoms with Gasteiger partial charge in [-0.1, -0.05) is 30.7 Å². The van der Waals surface area contributed by atoms with Crippen LogP contribution in [-0.2, 0) is 4.74 Å². The van der Waals surface area contributed by atoms with Crippen LogP contribution in [-0.4, -0.2) is 61.8 Å². The Kier molecular flexibility index (Phi) is 5.75. The number of nitrogens with zero attached hydrogens (tertiary/aromatic N) is 2. The van der Waals surface area contributed by atoms with Crippen LogP contribution in [0.1, 0.15) is 31.2 Å². The molecule has 1 aromatic rings. The van der Waals surface area contributed by atoms with Gasteiger partial charge in [0.25, 0.3) is 0 Å². The Morgan fingerprint density at radius 2 is 1.91 bits per heavy atom. The van der Waals surface area contributed by atoms with Gasteiger partial charge in [0.05, 0.1) is 0 Å². The third-order valence-electron chi connectivity index (χ3n) is 5.06. The van der Waals surface area contributed by atoms with Crippen molar-refractivity contribution in [1.82, 2.24) is 9.80 Å². The molecule has 0 aromatic heterocycles. The first-order valence-corrected chi connectivity index (χ1v) is 8.90. The van der Waals surface area contributed by atoms with Gasteiger partial charge in [0.1, 0.15) is 0 Å². The molecule has 0 unspecified atom stereocenters. The molecular formula is C18H27ClN2O. The van der Waals surface area contributed by atoms with Gasteiger partial charge in [0, 0.05) is 57.0 Å². The van der Waals surface area contributed by atoms with E-state index < -0.39 is 0 Å². The molecule has 0 N–H and O–H groups in total. The predicted octanol–water partition coefficient (Wildman–Crippen LogP) is 3.24. The first kappa shape index (κ1) is 16.3. The lowest BCUT2D eigenvalue weighted by molar-refractivity contribution is 0.0132. The second kappa shape index (κ2) is 7.78. The summed E-state index contributed by atoms with van der Waals surface area (Å²) in [5, 5.41) is 0.841. The molecule has 0 radical (unpaired) electrons. The summed E-state index contributed by atoms with van der Waals surface area (Å²) in [7, 11) is 0. The van der Waals surface area contributed by atoms with E-state index in [2.05, 4.69) is 34.9 Å². The first-order chi connectivity index (χ1) is 10.7. The Morgan fingerprint density at radius 1 is 1.18 bits per heavy atom. The van der Waals surface area contributed by atoms with Crippen molar-refractivity contribution in [3.63, 3.8) is 0 Å². The zero-order valence-corrected chi connectivity index (χ0v) is 14.3. The summed E-state index contributed by atoms with van der Waals surface area (Å²) in [5.41, 5.74) is 1.35. The maximum Gasteiger partial charge on any atom is 0.0480 e. The Hall–Kier alpha value is -0.610. The molecule has 122 valence electrons. The fourth-order valence-electron chi connectivity index (χ4n) is 3.67. The molecule has 2 aliphatic rings. The minimum absolute atomic E-state index is 0.535. The van der Waals surface area contributed by atoms with Crippen LogP contribution in [0.3, 0.4) is 0 Å². The van der Waals surface area contributed by atoms with Gasteiger partial charge in [-0.25, -0.2) is 0 Å². The molecule has 0 bridgehead atoms. The van der Waals surface area contributed by atoms with Crippen molar-refractivity contribution in [2.45, 2.75) is 31.7 Å². The number of benzene rings is 1. The van der Waals surface area contributed by atoms with Gasteiger partial charge in [-0.15, -0.1) is 0 Å². The topological polar surface area (TPSA) is 15.7 Å². The van der Waals surface area contributed by atoms with E-state index in [9.17, 15) is 0 Å². The Morgan fingerprint density at radius 3 is 2.59 bits per heavy atom. The summed E-state index contributed by atoms with van der Waals surface area (Å²) < 4.78 is 5.48. The number of rotatable bonds is 4. The quantitative estimate of drug-likeness (QED) is 0.846. The van der Waals surface area contributed by atoms with Crippen LogP contribution < -0.4 is 0 Å². The number of ether oxygens (including phenoxy) is 1. The standard InChI is InChI=1S/C18H27ClN2O/c1-15(16-3-2-4-17(19)13-16)14-20-7-9-21(10-8-20)18-5-11-22-12-6-18/h2-4,13,15,18H,5-12,14H2,1H3/t15-/m1/s1. The van der Waals surface area contributed by atoms with Gasteiger partial charge < -0.3 is 9.64 Å². The highest BCUT2D eigenvalue weighted by atomic mass is 35.5. The molecule has 22 heavy (non-hydrogen) atoms. The molecule has 3 rings (SSSR count). The van der Waals surface area contributed by atoms with Crippen molar-refractivity contribution in [3.8, 4) is 0 Å². The SMILES string of the molecule is C[C@H](CN1CCN(C2CCOCC2)CC1)c1cccc(Cl)c1. The second-order valence-corrected chi connectivity index (χ2v) is 7.07. The molecule has 1 atom stereocenters. The monoisotopic (exact) mass is 322 g/mol. The minimum atomic E-state index is 0.535. The first-order valence-electron chi connectivity index (χ1n) is 8.52. The van der Waals surface area contributed by atoms with E-state index in [4.69, 9.17) is 16.3 Å². The summed E-state index contributed by atoms with van der Waals surface area (Å²) in [4.78, 5) is 5.27. The smallest absolute Gasteiger partial charge is 0.0480 e. The van der Waals surface area contributed by atoms with Crippen molar-refractivity contribution in [1.29, 1.82) is 0 Å². The molecule has 0 aliphatic carbocycles. The molecule has 3 nitrogen and oxygen atoms in total. The van der Waals surface area contributed by atoms with Gasteiger partial charge in [-0.3, -0.25) is 4.90 Å². The van der Waals surface area contributed by atoms with Gasteiger partial charge in [-0.2, -0.15) is 0 Å². The van der Waals surface area contributed by atoms with Gasteiger partial charge in [0.15, 0.2) is 0 Å². The molecule has 0 saturated carbocycles. The van der Waals surface area contributed by atoms with Gasteiger partial charge >= 0.3 is 0 Å². The van der Waals surface area contributed by atoms with Crippen molar-refractivity contribution >= 4 is 11.6 Å². The summed E-state index contributed by atoms with van der Waals surface area (Å²) in [6, 6.07) is 9.04. The lowest BCUT2D eigenvalue weighted by Gasteiger charge is -2.41. The average molecular weight is 323 g/mol. The maximum atomic E-state index is 6.11. The lowest BCUT2D eigenvalue weighted by atomic mass is 10.00. The van der Waals surface area contributed by atoms with E-state index in [1.807, 2.05) is 6.07 Å². The van der Waals surface area contributed by atoms with Gasteiger partial charge in [0.2, 0.25) is 0 Å². The molecular weight excluding hydrogens is 296 g/mol.